The number of nitrogens with one attached hydrogen (secondary N) is 2. The van der Waals surface area contributed by atoms with Crippen LogP contribution in [0.5, 0.6) is 5.75 Å². The lowest BCUT2D eigenvalue weighted by Gasteiger charge is -2.11. The summed E-state index contributed by atoms with van der Waals surface area (Å²) in [6.45, 7) is 1.97. The Hall–Kier alpha value is -3.09. The number of carbonyl (C=O) groups is 1. The summed E-state index contributed by atoms with van der Waals surface area (Å²) in [5.41, 5.74) is 1.49. The Morgan fingerprint density at radius 3 is 2.50 bits per heavy atom. The summed E-state index contributed by atoms with van der Waals surface area (Å²) in [7, 11) is 0. The van der Waals surface area contributed by atoms with Crippen molar-refractivity contribution in [3.63, 3.8) is 0 Å². The fourth-order valence-corrected chi connectivity index (χ4v) is 1.97. The van der Waals surface area contributed by atoms with Crippen molar-refractivity contribution in [3.05, 3.63) is 58.1 Å². The summed E-state index contributed by atoms with van der Waals surface area (Å²) in [5, 5.41) is 25.4. The van der Waals surface area contributed by atoms with Gasteiger partial charge < -0.3 is 15.7 Å². The number of para-hydroxylation sites is 1. The number of rotatable bonds is 4. The number of nitrogens with zero attached hydrogens (tertiary/aromatic N) is 1. The monoisotopic (exact) mass is 301 g/mol. The smallest absolute Gasteiger partial charge is 0.323 e. The summed E-state index contributed by atoms with van der Waals surface area (Å²) in [6.07, 6.45) is 0.763. The number of aromatic hydroxyl groups is 1. The molecular formula is C15H15N3O4. The summed E-state index contributed by atoms with van der Waals surface area (Å²) in [5.74, 6) is -0.367. The van der Waals surface area contributed by atoms with E-state index in [-0.39, 0.29) is 17.1 Å². The summed E-state index contributed by atoms with van der Waals surface area (Å²) in [6, 6.07) is 10.3. The molecule has 0 atom stereocenters. The third-order valence-electron chi connectivity index (χ3n) is 3.09. The maximum atomic E-state index is 12.0. The topological polar surface area (TPSA) is 104 Å². The number of hydrogen-bond donors (Lipinski definition) is 3. The number of nitro groups is 1. The maximum absolute atomic E-state index is 12.0. The lowest BCUT2D eigenvalue weighted by molar-refractivity contribution is -0.384. The SMILES string of the molecule is CCc1ccccc1NC(=O)Nc1ccc([N+](=O)[O-])cc1O. The highest BCUT2D eigenvalue weighted by atomic mass is 16.6. The molecule has 114 valence electrons. The molecule has 0 unspecified atom stereocenters. The molecule has 0 radical (unpaired) electrons. The van der Waals surface area contributed by atoms with Crippen LogP contribution in [-0.2, 0) is 6.42 Å². The molecule has 0 fully saturated rings. The molecule has 2 aromatic carbocycles. The van der Waals surface area contributed by atoms with E-state index in [2.05, 4.69) is 10.6 Å². The molecule has 7 nitrogen and oxygen atoms in total. The zero-order valence-electron chi connectivity index (χ0n) is 11.9. The van der Waals surface area contributed by atoms with Gasteiger partial charge in [0.2, 0.25) is 0 Å². The Morgan fingerprint density at radius 1 is 1.18 bits per heavy atom. The molecule has 2 amide bonds. The normalized spacial score (nSPS) is 10.0. The Morgan fingerprint density at radius 2 is 1.86 bits per heavy atom. The van der Waals surface area contributed by atoms with Gasteiger partial charge in [-0.1, -0.05) is 25.1 Å². The highest BCUT2D eigenvalue weighted by Crippen LogP contribution is 2.28. The maximum Gasteiger partial charge on any atom is 0.323 e. The largest absolute Gasteiger partial charge is 0.506 e. The van der Waals surface area contributed by atoms with E-state index in [9.17, 15) is 20.0 Å². The number of phenols is 1. The first-order chi connectivity index (χ1) is 10.5. The van der Waals surface area contributed by atoms with Gasteiger partial charge in [0.15, 0.2) is 0 Å². The van der Waals surface area contributed by atoms with Crippen molar-refractivity contribution in [1.29, 1.82) is 0 Å². The standard InChI is InChI=1S/C15H15N3O4/c1-2-10-5-3-4-6-12(10)16-15(20)17-13-8-7-11(18(21)22)9-14(13)19/h3-9,19H,2H2,1H3,(H2,16,17,20). The van der Waals surface area contributed by atoms with Crippen LogP contribution >= 0.6 is 0 Å². The van der Waals surface area contributed by atoms with Crippen molar-refractivity contribution in [2.75, 3.05) is 10.6 Å². The highest BCUT2D eigenvalue weighted by molar-refractivity contribution is 6.01. The van der Waals surface area contributed by atoms with Gasteiger partial charge >= 0.3 is 6.03 Å². The van der Waals surface area contributed by atoms with Crippen LogP contribution in [0.2, 0.25) is 0 Å². The Bertz CT molecular complexity index is 716. The molecule has 0 aliphatic carbocycles. The minimum atomic E-state index is -0.624. The van der Waals surface area contributed by atoms with Gasteiger partial charge in [0.25, 0.3) is 5.69 Å². The average molecular weight is 301 g/mol. The summed E-state index contributed by atoms with van der Waals surface area (Å²) >= 11 is 0. The summed E-state index contributed by atoms with van der Waals surface area (Å²) in [4.78, 5) is 21.9. The van der Waals surface area contributed by atoms with Crippen LogP contribution < -0.4 is 10.6 Å². The molecular weight excluding hydrogens is 286 g/mol. The van der Waals surface area contributed by atoms with Gasteiger partial charge in [0.05, 0.1) is 16.7 Å². The average Bonchev–Trinajstić information content (AvgIpc) is 2.49. The van der Waals surface area contributed by atoms with Crippen molar-refractivity contribution in [3.8, 4) is 5.75 Å². The Labute approximate surface area is 126 Å². The molecule has 22 heavy (non-hydrogen) atoms. The molecule has 2 rings (SSSR count). The second-order valence-electron chi connectivity index (χ2n) is 4.55. The van der Waals surface area contributed by atoms with Crippen LogP contribution in [0.15, 0.2) is 42.5 Å². The number of anilines is 2. The first kappa shape index (κ1) is 15.3. The molecule has 2 aromatic rings. The molecule has 7 heteroatoms. The van der Waals surface area contributed by atoms with E-state index in [1.165, 1.54) is 12.1 Å². The van der Waals surface area contributed by atoms with Crippen LogP contribution in [0, 0.1) is 10.1 Å². The molecule has 0 aromatic heterocycles. The van der Waals surface area contributed by atoms with E-state index in [1.807, 2.05) is 19.1 Å². The first-order valence-corrected chi connectivity index (χ1v) is 6.64. The number of benzene rings is 2. The van der Waals surface area contributed by atoms with Crippen molar-refractivity contribution < 1.29 is 14.8 Å². The van der Waals surface area contributed by atoms with E-state index in [0.717, 1.165) is 18.1 Å². The Balaban J connectivity index is 2.11. The zero-order chi connectivity index (χ0) is 16.1. The predicted molar refractivity (Wildman–Crippen MR) is 83.2 cm³/mol. The second kappa shape index (κ2) is 6.57. The van der Waals surface area contributed by atoms with Crippen molar-refractivity contribution in [1.82, 2.24) is 0 Å². The van der Waals surface area contributed by atoms with Gasteiger partial charge in [-0.15, -0.1) is 0 Å². The third-order valence-corrected chi connectivity index (χ3v) is 3.09. The Kier molecular flexibility index (Phi) is 4.57. The molecule has 0 saturated heterocycles. The molecule has 0 aliphatic heterocycles. The van der Waals surface area contributed by atoms with Gasteiger partial charge in [-0.25, -0.2) is 4.79 Å². The van der Waals surface area contributed by atoms with E-state index in [1.54, 1.807) is 12.1 Å². The number of amides is 2. The molecule has 0 spiro atoms. The van der Waals surface area contributed by atoms with Gasteiger partial charge in [0.1, 0.15) is 5.75 Å². The van der Waals surface area contributed by atoms with E-state index < -0.39 is 11.0 Å². The van der Waals surface area contributed by atoms with Crippen LogP contribution in [0.3, 0.4) is 0 Å². The minimum absolute atomic E-state index is 0.0945. The van der Waals surface area contributed by atoms with Gasteiger partial charge in [-0.3, -0.25) is 10.1 Å². The molecule has 0 bridgehead atoms. The lowest BCUT2D eigenvalue weighted by atomic mass is 10.1. The van der Waals surface area contributed by atoms with Crippen LogP contribution in [0.1, 0.15) is 12.5 Å². The van der Waals surface area contributed by atoms with Crippen LogP contribution in [0.25, 0.3) is 0 Å². The second-order valence-corrected chi connectivity index (χ2v) is 4.55. The number of non-ortho nitro benzene ring substituents is 1. The van der Waals surface area contributed by atoms with Crippen molar-refractivity contribution in [2.24, 2.45) is 0 Å². The highest BCUT2D eigenvalue weighted by Gasteiger charge is 2.12. The van der Waals surface area contributed by atoms with E-state index in [4.69, 9.17) is 0 Å². The molecule has 3 N–H and O–H groups in total. The third kappa shape index (κ3) is 3.51. The summed E-state index contributed by atoms with van der Waals surface area (Å²) < 4.78 is 0. The van der Waals surface area contributed by atoms with Crippen LogP contribution in [-0.4, -0.2) is 16.1 Å². The molecule has 0 aliphatic rings. The van der Waals surface area contributed by atoms with E-state index in [0.29, 0.717) is 5.69 Å². The number of nitro benzene ring substituents is 1. The van der Waals surface area contributed by atoms with Gasteiger partial charge in [-0.2, -0.15) is 0 Å². The zero-order valence-corrected chi connectivity index (χ0v) is 11.9. The fourth-order valence-electron chi connectivity index (χ4n) is 1.97. The van der Waals surface area contributed by atoms with Gasteiger partial charge in [0, 0.05) is 11.8 Å². The quantitative estimate of drug-likeness (QED) is 0.456. The molecule has 0 heterocycles. The number of urea groups is 1. The minimum Gasteiger partial charge on any atom is -0.506 e. The number of aryl methyl sites for hydroxylation is 1. The van der Waals surface area contributed by atoms with Crippen molar-refractivity contribution in [2.45, 2.75) is 13.3 Å². The predicted octanol–water partition coefficient (Wildman–Crippen LogP) is 3.51. The molecule has 0 saturated carbocycles. The number of hydrogen-bond acceptors (Lipinski definition) is 4. The number of phenolic OH excluding ortho intramolecular Hbond substituents is 1. The lowest BCUT2D eigenvalue weighted by Crippen LogP contribution is -2.20. The number of carbonyl (C=O) groups excluding carboxylic acids is 1. The van der Waals surface area contributed by atoms with Crippen molar-refractivity contribution >= 4 is 23.1 Å². The van der Waals surface area contributed by atoms with Gasteiger partial charge in [-0.05, 0) is 24.1 Å². The van der Waals surface area contributed by atoms with Crippen LogP contribution in [0.4, 0.5) is 21.9 Å². The fraction of sp³-hybridized carbons (Fsp3) is 0.133. The first-order valence-electron chi connectivity index (χ1n) is 6.64. The van der Waals surface area contributed by atoms with E-state index >= 15 is 0 Å².